The normalized spacial score (nSPS) is 19.6. The molecule has 0 aliphatic carbocycles. The SMILES string of the molecule is Brc1cc2c(c(COC3CCNCC3)c1)OCC2. The molecule has 0 saturated carbocycles. The average molecular weight is 312 g/mol. The van der Waals surface area contributed by atoms with Crippen molar-refractivity contribution >= 4 is 15.9 Å². The molecular weight excluding hydrogens is 294 g/mol. The zero-order valence-corrected chi connectivity index (χ0v) is 12.0. The first-order valence-corrected chi connectivity index (χ1v) is 7.38. The lowest BCUT2D eigenvalue weighted by Gasteiger charge is -2.23. The van der Waals surface area contributed by atoms with Crippen molar-refractivity contribution in [2.45, 2.75) is 32.0 Å². The highest BCUT2D eigenvalue weighted by molar-refractivity contribution is 9.10. The van der Waals surface area contributed by atoms with E-state index in [2.05, 4.69) is 33.4 Å². The summed E-state index contributed by atoms with van der Waals surface area (Å²) in [4.78, 5) is 0. The Hall–Kier alpha value is -0.580. The first-order chi connectivity index (χ1) is 8.83. The minimum Gasteiger partial charge on any atom is -0.493 e. The molecule has 1 N–H and O–H groups in total. The van der Waals surface area contributed by atoms with Gasteiger partial charge in [-0.3, -0.25) is 0 Å². The molecule has 0 amide bonds. The van der Waals surface area contributed by atoms with E-state index in [1.54, 1.807) is 0 Å². The van der Waals surface area contributed by atoms with Crippen LogP contribution in [-0.4, -0.2) is 25.8 Å². The van der Waals surface area contributed by atoms with Gasteiger partial charge in [-0.2, -0.15) is 0 Å². The van der Waals surface area contributed by atoms with Gasteiger partial charge in [0.15, 0.2) is 0 Å². The smallest absolute Gasteiger partial charge is 0.128 e. The Labute approximate surface area is 116 Å². The molecule has 4 heteroatoms. The monoisotopic (exact) mass is 311 g/mol. The van der Waals surface area contributed by atoms with Crippen molar-refractivity contribution in [3.05, 3.63) is 27.7 Å². The second kappa shape index (κ2) is 5.59. The number of halogens is 1. The number of piperidine rings is 1. The van der Waals surface area contributed by atoms with E-state index in [-0.39, 0.29) is 0 Å². The van der Waals surface area contributed by atoms with Crippen LogP contribution in [0.3, 0.4) is 0 Å². The molecule has 2 aliphatic rings. The Balaban J connectivity index is 1.68. The summed E-state index contributed by atoms with van der Waals surface area (Å²) >= 11 is 3.56. The number of fused-ring (bicyclic) bond motifs is 1. The Morgan fingerprint density at radius 2 is 2.17 bits per heavy atom. The van der Waals surface area contributed by atoms with E-state index in [1.807, 2.05) is 0 Å². The molecule has 0 spiro atoms. The Morgan fingerprint density at radius 3 is 3.00 bits per heavy atom. The molecule has 18 heavy (non-hydrogen) atoms. The van der Waals surface area contributed by atoms with E-state index in [0.29, 0.717) is 12.7 Å². The molecule has 98 valence electrons. The maximum Gasteiger partial charge on any atom is 0.128 e. The van der Waals surface area contributed by atoms with E-state index in [0.717, 1.165) is 49.2 Å². The van der Waals surface area contributed by atoms with Gasteiger partial charge < -0.3 is 14.8 Å². The van der Waals surface area contributed by atoms with Crippen molar-refractivity contribution < 1.29 is 9.47 Å². The van der Waals surface area contributed by atoms with Gasteiger partial charge in [0.1, 0.15) is 5.75 Å². The minimum absolute atomic E-state index is 0.391. The molecule has 3 rings (SSSR count). The van der Waals surface area contributed by atoms with Gasteiger partial charge in [-0.1, -0.05) is 15.9 Å². The van der Waals surface area contributed by atoms with Crippen LogP contribution in [0.25, 0.3) is 0 Å². The van der Waals surface area contributed by atoms with Crippen molar-refractivity contribution in [3.8, 4) is 5.75 Å². The lowest BCUT2D eigenvalue weighted by Crippen LogP contribution is -2.32. The van der Waals surface area contributed by atoms with Crippen LogP contribution in [0.2, 0.25) is 0 Å². The zero-order chi connectivity index (χ0) is 12.4. The quantitative estimate of drug-likeness (QED) is 0.931. The van der Waals surface area contributed by atoms with Crippen LogP contribution in [0.15, 0.2) is 16.6 Å². The minimum atomic E-state index is 0.391. The summed E-state index contributed by atoms with van der Waals surface area (Å²) in [6.07, 6.45) is 3.62. The summed E-state index contributed by atoms with van der Waals surface area (Å²) in [5.74, 6) is 1.05. The fourth-order valence-corrected chi connectivity index (χ4v) is 3.18. The molecule has 0 unspecified atom stereocenters. The molecule has 0 atom stereocenters. The van der Waals surface area contributed by atoms with E-state index in [1.165, 1.54) is 11.1 Å². The molecule has 0 aromatic heterocycles. The molecule has 0 bridgehead atoms. The molecule has 0 radical (unpaired) electrons. The zero-order valence-electron chi connectivity index (χ0n) is 10.4. The number of hydrogen-bond acceptors (Lipinski definition) is 3. The maximum absolute atomic E-state index is 6.01. The number of rotatable bonds is 3. The van der Waals surface area contributed by atoms with Gasteiger partial charge in [0, 0.05) is 16.5 Å². The molecule has 1 fully saturated rings. The van der Waals surface area contributed by atoms with Crippen molar-refractivity contribution in [1.29, 1.82) is 0 Å². The van der Waals surface area contributed by atoms with Gasteiger partial charge in [-0.05, 0) is 43.6 Å². The van der Waals surface area contributed by atoms with Crippen LogP contribution in [0.4, 0.5) is 0 Å². The van der Waals surface area contributed by atoms with Crippen molar-refractivity contribution in [2.24, 2.45) is 0 Å². The topological polar surface area (TPSA) is 30.5 Å². The first kappa shape index (κ1) is 12.5. The van der Waals surface area contributed by atoms with Gasteiger partial charge in [-0.25, -0.2) is 0 Å². The number of nitrogens with one attached hydrogen (secondary N) is 1. The largest absolute Gasteiger partial charge is 0.493 e. The Bertz CT molecular complexity index is 430. The first-order valence-electron chi connectivity index (χ1n) is 6.59. The van der Waals surface area contributed by atoms with Gasteiger partial charge in [0.2, 0.25) is 0 Å². The fraction of sp³-hybridized carbons (Fsp3) is 0.571. The second-order valence-electron chi connectivity index (χ2n) is 4.91. The van der Waals surface area contributed by atoms with Crippen LogP contribution in [0, 0.1) is 0 Å². The summed E-state index contributed by atoms with van der Waals surface area (Å²) in [6, 6.07) is 4.27. The number of benzene rings is 1. The Kier molecular flexibility index (Phi) is 3.87. The molecule has 1 saturated heterocycles. The Morgan fingerprint density at radius 1 is 1.33 bits per heavy atom. The highest BCUT2D eigenvalue weighted by Crippen LogP contribution is 2.33. The van der Waals surface area contributed by atoms with Crippen LogP contribution in [0.1, 0.15) is 24.0 Å². The van der Waals surface area contributed by atoms with Crippen LogP contribution < -0.4 is 10.1 Å². The predicted molar refractivity (Wildman–Crippen MR) is 74.0 cm³/mol. The molecule has 1 aromatic carbocycles. The molecule has 1 aromatic rings. The van der Waals surface area contributed by atoms with E-state index in [4.69, 9.17) is 9.47 Å². The molecule has 3 nitrogen and oxygen atoms in total. The summed E-state index contributed by atoms with van der Waals surface area (Å²) in [5.41, 5.74) is 2.48. The standard InChI is InChI=1S/C14H18BrNO2/c15-12-7-10-3-6-17-14(10)11(8-12)9-18-13-1-4-16-5-2-13/h7-8,13,16H,1-6,9H2. The van der Waals surface area contributed by atoms with Gasteiger partial charge in [-0.15, -0.1) is 0 Å². The highest BCUT2D eigenvalue weighted by atomic mass is 79.9. The maximum atomic E-state index is 6.01. The third kappa shape index (κ3) is 2.71. The molecule has 2 aliphatic heterocycles. The van der Waals surface area contributed by atoms with E-state index < -0.39 is 0 Å². The molecule has 2 heterocycles. The van der Waals surface area contributed by atoms with Crippen LogP contribution in [-0.2, 0) is 17.8 Å². The van der Waals surface area contributed by atoms with Crippen molar-refractivity contribution in [1.82, 2.24) is 5.32 Å². The second-order valence-corrected chi connectivity index (χ2v) is 5.83. The fourth-order valence-electron chi connectivity index (χ4n) is 2.62. The van der Waals surface area contributed by atoms with Crippen LogP contribution in [0.5, 0.6) is 5.75 Å². The third-order valence-electron chi connectivity index (χ3n) is 3.59. The summed E-state index contributed by atoms with van der Waals surface area (Å²) in [7, 11) is 0. The van der Waals surface area contributed by atoms with Crippen molar-refractivity contribution in [3.63, 3.8) is 0 Å². The third-order valence-corrected chi connectivity index (χ3v) is 4.04. The lowest BCUT2D eigenvalue weighted by atomic mass is 10.1. The van der Waals surface area contributed by atoms with Gasteiger partial charge >= 0.3 is 0 Å². The number of ether oxygens (including phenoxy) is 2. The average Bonchev–Trinajstić information content (AvgIpc) is 2.85. The summed E-state index contributed by atoms with van der Waals surface area (Å²) in [5, 5.41) is 3.35. The van der Waals surface area contributed by atoms with E-state index in [9.17, 15) is 0 Å². The van der Waals surface area contributed by atoms with E-state index >= 15 is 0 Å². The highest BCUT2D eigenvalue weighted by Gasteiger charge is 2.19. The lowest BCUT2D eigenvalue weighted by molar-refractivity contribution is 0.0203. The van der Waals surface area contributed by atoms with Gasteiger partial charge in [0.05, 0.1) is 19.3 Å². The van der Waals surface area contributed by atoms with Gasteiger partial charge in [0.25, 0.3) is 0 Å². The summed E-state index contributed by atoms with van der Waals surface area (Å²) in [6.45, 7) is 3.59. The summed E-state index contributed by atoms with van der Waals surface area (Å²) < 4.78 is 12.8. The molecular formula is C14H18BrNO2. The van der Waals surface area contributed by atoms with Crippen LogP contribution >= 0.6 is 15.9 Å². The number of hydrogen-bond donors (Lipinski definition) is 1. The van der Waals surface area contributed by atoms with Crippen molar-refractivity contribution in [2.75, 3.05) is 19.7 Å². The predicted octanol–water partition coefficient (Wildman–Crippen LogP) is 2.65.